The Hall–Kier alpha value is -2.05. The first-order valence-corrected chi connectivity index (χ1v) is 6.08. The summed E-state index contributed by atoms with van der Waals surface area (Å²) in [6.07, 6.45) is 9.91. The number of terminal acetylenes is 1. The fourth-order valence-corrected chi connectivity index (χ4v) is 1.75. The van der Waals surface area contributed by atoms with Gasteiger partial charge in [0.2, 0.25) is 0 Å². The molecular weight excluding hydrogens is 222 g/mol. The molecule has 3 nitrogen and oxygen atoms in total. The Balaban J connectivity index is 1.85. The monoisotopic (exact) mass is 239 g/mol. The van der Waals surface area contributed by atoms with Crippen LogP contribution in [0.5, 0.6) is 0 Å². The lowest BCUT2D eigenvalue weighted by atomic mass is 10.2. The van der Waals surface area contributed by atoms with Gasteiger partial charge in [-0.1, -0.05) is 30.3 Å². The molecule has 0 spiro atoms. The SMILES string of the molecule is C#CCCNCc1cnn(Cc2ccccc2)c1. The molecule has 0 unspecified atom stereocenters. The molecular formula is C15H17N3. The first kappa shape index (κ1) is 12.4. The van der Waals surface area contributed by atoms with E-state index in [2.05, 4.69) is 34.7 Å². The molecule has 0 saturated heterocycles. The Kier molecular flexibility index (Phi) is 4.57. The largest absolute Gasteiger partial charge is 0.312 e. The summed E-state index contributed by atoms with van der Waals surface area (Å²) in [6.45, 7) is 2.47. The fourth-order valence-electron chi connectivity index (χ4n) is 1.75. The van der Waals surface area contributed by atoms with Gasteiger partial charge in [0, 0.05) is 31.3 Å². The number of hydrogen-bond donors (Lipinski definition) is 1. The predicted octanol–water partition coefficient (Wildman–Crippen LogP) is 2.04. The summed E-state index contributed by atoms with van der Waals surface area (Å²) in [4.78, 5) is 0. The fraction of sp³-hybridized carbons (Fsp3) is 0.267. The van der Waals surface area contributed by atoms with Gasteiger partial charge < -0.3 is 5.32 Å². The molecule has 1 heterocycles. The van der Waals surface area contributed by atoms with Crippen LogP contribution in [0.4, 0.5) is 0 Å². The molecule has 0 radical (unpaired) electrons. The van der Waals surface area contributed by atoms with Gasteiger partial charge in [0.05, 0.1) is 12.7 Å². The van der Waals surface area contributed by atoms with E-state index in [4.69, 9.17) is 6.42 Å². The van der Waals surface area contributed by atoms with Gasteiger partial charge in [-0.25, -0.2) is 0 Å². The molecule has 0 aliphatic heterocycles. The molecule has 18 heavy (non-hydrogen) atoms. The van der Waals surface area contributed by atoms with Crippen molar-refractivity contribution >= 4 is 0 Å². The molecule has 0 aliphatic rings. The van der Waals surface area contributed by atoms with Gasteiger partial charge in [0.25, 0.3) is 0 Å². The van der Waals surface area contributed by atoms with Gasteiger partial charge >= 0.3 is 0 Å². The number of aromatic nitrogens is 2. The first-order chi connectivity index (χ1) is 8.88. The number of rotatable bonds is 6. The average Bonchev–Trinajstić information content (AvgIpc) is 2.84. The van der Waals surface area contributed by atoms with E-state index in [9.17, 15) is 0 Å². The predicted molar refractivity (Wildman–Crippen MR) is 72.9 cm³/mol. The van der Waals surface area contributed by atoms with Crippen LogP contribution in [0.2, 0.25) is 0 Å². The van der Waals surface area contributed by atoms with Crippen LogP contribution in [0.15, 0.2) is 42.7 Å². The Morgan fingerprint density at radius 3 is 2.83 bits per heavy atom. The Labute approximate surface area is 108 Å². The van der Waals surface area contributed by atoms with Crippen molar-refractivity contribution in [1.82, 2.24) is 15.1 Å². The van der Waals surface area contributed by atoms with Crippen LogP contribution in [-0.4, -0.2) is 16.3 Å². The zero-order valence-electron chi connectivity index (χ0n) is 10.3. The molecule has 3 heteroatoms. The summed E-state index contributed by atoms with van der Waals surface area (Å²) >= 11 is 0. The molecule has 2 rings (SSSR count). The highest BCUT2D eigenvalue weighted by atomic mass is 15.3. The average molecular weight is 239 g/mol. The minimum absolute atomic E-state index is 0.762. The van der Waals surface area contributed by atoms with E-state index >= 15 is 0 Å². The maximum absolute atomic E-state index is 5.19. The van der Waals surface area contributed by atoms with Crippen LogP contribution in [0.3, 0.4) is 0 Å². The molecule has 0 saturated carbocycles. The van der Waals surface area contributed by atoms with Gasteiger partial charge in [-0.2, -0.15) is 5.10 Å². The summed E-state index contributed by atoms with van der Waals surface area (Å²) < 4.78 is 1.95. The number of hydrogen-bond acceptors (Lipinski definition) is 2. The van der Waals surface area contributed by atoms with Crippen molar-refractivity contribution in [3.05, 3.63) is 53.9 Å². The molecule has 92 valence electrons. The van der Waals surface area contributed by atoms with Crippen molar-refractivity contribution in [3.63, 3.8) is 0 Å². The third-order valence-corrected chi connectivity index (χ3v) is 2.65. The van der Waals surface area contributed by atoms with Crippen molar-refractivity contribution in [2.24, 2.45) is 0 Å². The van der Waals surface area contributed by atoms with Crippen LogP contribution in [0.1, 0.15) is 17.5 Å². The maximum Gasteiger partial charge on any atom is 0.0659 e. The molecule has 1 aromatic heterocycles. The lowest BCUT2D eigenvalue weighted by Crippen LogP contribution is -2.13. The van der Waals surface area contributed by atoms with E-state index in [0.29, 0.717) is 0 Å². The molecule has 0 bridgehead atoms. The van der Waals surface area contributed by atoms with Crippen molar-refractivity contribution in [1.29, 1.82) is 0 Å². The zero-order chi connectivity index (χ0) is 12.6. The number of nitrogens with zero attached hydrogens (tertiary/aromatic N) is 2. The van der Waals surface area contributed by atoms with E-state index < -0.39 is 0 Å². The van der Waals surface area contributed by atoms with Gasteiger partial charge in [0.15, 0.2) is 0 Å². The van der Waals surface area contributed by atoms with E-state index in [1.807, 2.05) is 29.1 Å². The lowest BCUT2D eigenvalue weighted by molar-refractivity contribution is 0.680. The lowest BCUT2D eigenvalue weighted by Gasteiger charge is -2.01. The minimum Gasteiger partial charge on any atom is -0.312 e. The van der Waals surface area contributed by atoms with Crippen LogP contribution in [-0.2, 0) is 13.1 Å². The van der Waals surface area contributed by atoms with E-state index in [0.717, 1.165) is 26.1 Å². The van der Waals surface area contributed by atoms with Crippen LogP contribution in [0, 0.1) is 12.3 Å². The highest BCUT2D eigenvalue weighted by Gasteiger charge is 1.99. The van der Waals surface area contributed by atoms with Crippen molar-refractivity contribution in [3.8, 4) is 12.3 Å². The van der Waals surface area contributed by atoms with E-state index in [1.54, 1.807) is 0 Å². The normalized spacial score (nSPS) is 10.2. The quantitative estimate of drug-likeness (QED) is 0.617. The van der Waals surface area contributed by atoms with Gasteiger partial charge in [-0.3, -0.25) is 4.68 Å². The molecule has 2 aromatic rings. The molecule has 0 amide bonds. The van der Waals surface area contributed by atoms with Crippen LogP contribution in [0.25, 0.3) is 0 Å². The van der Waals surface area contributed by atoms with Crippen molar-refractivity contribution < 1.29 is 0 Å². The van der Waals surface area contributed by atoms with Gasteiger partial charge in [0.1, 0.15) is 0 Å². The number of nitrogens with one attached hydrogen (secondary N) is 1. The van der Waals surface area contributed by atoms with Crippen molar-refractivity contribution in [2.45, 2.75) is 19.5 Å². The van der Waals surface area contributed by atoms with Crippen molar-refractivity contribution in [2.75, 3.05) is 6.54 Å². The third-order valence-electron chi connectivity index (χ3n) is 2.65. The van der Waals surface area contributed by atoms with E-state index in [-0.39, 0.29) is 0 Å². The Morgan fingerprint density at radius 2 is 2.06 bits per heavy atom. The summed E-state index contributed by atoms with van der Waals surface area (Å²) in [5.74, 6) is 2.61. The summed E-state index contributed by atoms with van der Waals surface area (Å²) in [5.41, 5.74) is 2.44. The second kappa shape index (κ2) is 6.63. The highest BCUT2D eigenvalue weighted by Crippen LogP contribution is 2.03. The second-order valence-corrected chi connectivity index (χ2v) is 4.16. The first-order valence-electron chi connectivity index (χ1n) is 6.08. The molecule has 0 aliphatic carbocycles. The topological polar surface area (TPSA) is 29.9 Å². The maximum atomic E-state index is 5.19. The smallest absolute Gasteiger partial charge is 0.0659 e. The van der Waals surface area contributed by atoms with Gasteiger partial charge in [-0.05, 0) is 5.56 Å². The highest BCUT2D eigenvalue weighted by molar-refractivity contribution is 5.15. The second-order valence-electron chi connectivity index (χ2n) is 4.16. The van der Waals surface area contributed by atoms with Crippen LogP contribution >= 0.6 is 0 Å². The third kappa shape index (κ3) is 3.76. The van der Waals surface area contributed by atoms with E-state index in [1.165, 1.54) is 11.1 Å². The minimum atomic E-state index is 0.762. The summed E-state index contributed by atoms with van der Waals surface area (Å²) in [7, 11) is 0. The van der Waals surface area contributed by atoms with Crippen LogP contribution < -0.4 is 5.32 Å². The Bertz CT molecular complexity index is 508. The number of benzene rings is 1. The Morgan fingerprint density at radius 1 is 1.22 bits per heavy atom. The van der Waals surface area contributed by atoms with Gasteiger partial charge in [-0.15, -0.1) is 12.3 Å². The molecule has 1 aromatic carbocycles. The molecule has 0 atom stereocenters. The zero-order valence-corrected chi connectivity index (χ0v) is 10.3. The molecule has 1 N–H and O–H groups in total. The summed E-state index contributed by atoms with van der Waals surface area (Å²) in [6, 6.07) is 10.3. The summed E-state index contributed by atoms with van der Waals surface area (Å²) in [5, 5.41) is 7.63. The standard InChI is InChI=1S/C15H17N3/c1-2-3-9-16-10-15-11-17-18(13-15)12-14-7-5-4-6-8-14/h1,4-8,11,13,16H,3,9-10,12H2. The molecule has 0 fully saturated rings.